The molecule has 2 rings (SSSR count). The van der Waals surface area contributed by atoms with E-state index in [0.717, 1.165) is 0 Å². The van der Waals surface area contributed by atoms with E-state index in [9.17, 15) is 9.59 Å². The highest BCUT2D eigenvalue weighted by molar-refractivity contribution is 6.34. The summed E-state index contributed by atoms with van der Waals surface area (Å²) in [5.74, 6) is -0.575. The number of amides is 1. The molecule has 0 spiro atoms. The number of aromatic nitrogens is 2. The Balaban J connectivity index is 2.40. The van der Waals surface area contributed by atoms with Gasteiger partial charge in [0.25, 0.3) is 0 Å². The van der Waals surface area contributed by atoms with Crippen LogP contribution in [0, 0.1) is 0 Å². The highest BCUT2D eigenvalue weighted by Gasteiger charge is 2.34. The van der Waals surface area contributed by atoms with E-state index in [1.165, 1.54) is 18.3 Å². The average Bonchev–Trinajstić information content (AvgIpc) is 3.08. The fraction of sp³-hybridized carbons (Fsp3) is 0.421. The summed E-state index contributed by atoms with van der Waals surface area (Å²) in [6, 6.07) is 4.01. The van der Waals surface area contributed by atoms with Gasteiger partial charge in [0.1, 0.15) is 11.6 Å². The predicted molar refractivity (Wildman–Crippen MR) is 106 cm³/mol. The number of carbonyl (C=O) groups excluding carboxylic acids is 2. The zero-order valence-corrected chi connectivity index (χ0v) is 17.7. The van der Waals surface area contributed by atoms with Crippen LogP contribution in [0.4, 0.5) is 4.79 Å². The fourth-order valence-corrected chi connectivity index (χ4v) is 3.15. The van der Waals surface area contributed by atoms with Crippen molar-refractivity contribution in [2.45, 2.75) is 45.4 Å². The van der Waals surface area contributed by atoms with Gasteiger partial charge in [-0.3, -0.25) is 4.90 Å². The van der Waals surface area contributed by atoms with Gasteiger partial charge in [0, 0.05) is 28.4 Å². The van der Waals surface area contributed by atoms with Crippen molar-refractivity contribution < 1.29 is 19.1 Å². The minimum atomic E-state index is -0.932. The number of halogens is 2. The molecule has 7 nitrogen and oxygen atoms in total. The lowest BCUT2D eigenvalue weighted by molar-refractivity contribution is -0.147. The number of carbonyl (C=O) groups is 2. The maximum Gasteiger partial charge on any atom is 0.411 e. The van der Waals surface area contributed by atoms with Crippen LogP contribution in [0.2, 0.25) is 10.0 Å². The molecule has 1 atom stereocenters. The molecule has 1 N–H and O–H groups in total. The number of hydrogen-bond acceptors (Lipinski definition) is 5. The number of imidazole rings is 1. The molecule has 0 saturated heterocycles. The normalized spacial score (nSPS) is 12.4. The maximum absolute atomic E-state index is 12.9. The van der Waals surface area contributed by atoms with Crippen molar-refractivity contribution in [3.63, 3.8) is 0 Å². The third kappa shape index (κ3) is 6.42. The van der Waals surface area contributed by atoms with Gasteiger partial charge in [-0.25, -0.2) is 14.6 Å². The van der Waals surface area contributed by atoms with Crippen LogP contribution in [0.25, 0.3) is 0 Å². The van der Waals surface area contributed by atoms with Gasteiger partial charge in [0.2, 0.25) is 0 Å². The van der Waals surface area contributed by atoms with Crippen LogP contribution in [0.5, 0.6) is 0 Å². The van der Waals surface area contributed by atoms with Crippen LogP contribution < -0.4 is 0 Å². The molecule has 0 radical (unpaired) electrons. The van der Waals surface area contributed by atoms with Gasteiger partial charge in [-0.05, 0) is 44.5 Å². The lowest BCUT2D eigenvalue weighted by Gasteiger charge is -2.32. The SMILES string of the molecule is COC(=O)[C@H](Cc1cnc[nH]1)N(Cc1cc(Cl)cc(Cl)c1)C(=O)OC(C)(C)C. The van der Waals surface area contributed by atoms with Crippen LogP contribution in [0.3, 0.4) is 0 Å². The third-order valence-electron chi connectivity index (χ3n) is 3.72. The molecule has 0 aliphatic heterocycles. The topological polar surface area (TPSA) is 84.5 Å². The van der Waals surface area contributed by atoms with Gasteiger partial charge in [-0.1, -0.05) is 23.2 Å². The Kier molecular flexibility index (Phi) is 7.32. The van der Waals surface area contributed by atoms with Crippen molar-refractivity contribution in [2.24, 2.45) is 0 Å². The molecule has 0 aliphatic carbocycles. The summed E-state index contributed by atoms with van der Waals surface area (Å²) in [5.41, 5.74) is 0.589. The number of nitrogens with one attached hydrogen (secondary N) is 1. The fourth-order valence-electron chi connectivity index (χ4n) is 2.58. The van der Waals surface area contributed by atoms with Crippen LogP contribution in [0.15, 0.2) is 30.7 Å². The lowest BCUT2D eigenvalue weighted by Crippen LogP contribution is -2.48. The van der Waals surface area contributed by atoms with Crippen LogP contribution in [-0.4, -0.2) is 45.7 Å². The number of nitrogens with zero attached hydrogens (tertiary/aromatic N) is 2. The molecule has 1 aromatic heterocycles. The predicted octanol–water partition coefficient (Wildman–Crippen LogP) is 4.24. The van der Waals surface area contributed by atoms with Crippen molar-refractivity contribution in [3.05, 3.63) is 52.0 Å². The molecular formula is C19H23Cl2N3O4. The van der Waals surface area contributed by atoms with E-state index in [4.69, 9.17) is 32.7 Å². The minimum Gasteiger partial charge on any atom is -0.467 e. The number of methoxy groups -OCH3 is 1. The third-order valence-corrected chi connectivity index (χ3v) is 4.16. The molecule has 0 unspecified atom stereocenters. The van der Waals surface area contributed by atoms with Crippen LogP contribution >= 0.6 is 23.2 Å². The quantitative estimate of drug-likeness (QED) is 0.696. The van der Waals surface area contributed by atoms with Crippen molar-refractivity contribution in [3.8, 4) is 0 Å². The van der Waals surface area contributed by atoms with E-state index in [2.05, 4.69) is 9.97 Å². The first-order chi connectivity index (χ1) is 13.1. The summed E-state index contributed by atoms with van der Waals surface area (Å²) in [7, 11) is 1.27. The highest BCUT2D eigenvalue weighted by Crippen LogP contribution is 2.23. The number of rotatable bonds is 6. The van der Waals surface area contributed by atoms with Gasteiger partial charge in [0.05, 0.1) is 20.0 Å². The first kappa shape index (κ1) is 22.0. The standard InChI is InChI=1S/C19H23Cl2N3O4/c1-19(2,3)28-18(26)24(10-12-5-13(20)7-14(21)6-12)16(17(25)27-4)8-15-9-22-11-23-15/h5-7,9,11,16H,8,10H2,1-4H3,(H,22,23)/t16-/m0/s1. The molecule has 1 aromatic carbocycles. The summed E-state index contributed by atoms with van der Waals surface area (Å²) < 4.78 is 10.4. The smallest absolute Gasteiger partial charge is 0.411 e. The molecule has 9 heteroatoms. The Morgan fingerprint density at radius 1 is 1.21 bits per heavy atom. The molecule has 0 saturated carbocycles. The number of H-pyrrole nitrogens is 1. The number of ether oxygens (including phenoxy) is 2. The van der Waals surface area contributed by atoms with Gasteiger partial charge in [-0.2, -0.15) is 0 Å². The van der Waals surface area contributed by atoms with Gasteiger partial charge in [-0.15, -0.1) is 0 Å². The van der Waals surface area contributed by atoms with E-state index < -0.39 is 23.7 Å². The van der Waals surface area contributed by atoms with Crippen LogP contribution in [0.1, 0.15) is 32.0 Å². The first-order valence-electron chi connectivity index (χ1n) is 8.58. The molecule has 28 heavy (non-hydrogen) atoms. The molecule has 0 aliphatic rings. The zero-order valence-electron chi connectivity index (χ0n) is 16.2. The number of benzene rings is 1. The Bertz CT molecular complexity index is 799. The Hall–Kier alpha value is -2.25. The minimum absolute atomic E-state index is 0.0586. The number of aromatic amines is 1. The monoisotopic (exact) mass is 427 g/mol. The summed E-state index contributed by atoms with van der Waals surface area (Å²) >= 11 is 12.2. The van der Waals surface area contributed by atoms with Crippen molar-refractivity contribution >= 4 is 35.3 Å². The average molecular weight is 428 g/mol. The second-order valence-corrected chi connectivity index (χ2v) is 8.08. The Morgan fingerprint density at radius 2 is 1.86 bits per heavy atom. The summed E-state index contributed by atoms with van der Waals surface area (Å²) in [4.78, 5) is 33.6. The zero-order chi connectivity index (χ0) is 20.9. The second-order valence-electron chi connectivity index (χ2n) is 7.21. The van der Waals surface area contributed by atoms with E-state index in [0.29, 0.717) is 21.3 Å². The van der Waals surface area contributed by atoms with Crippen LogP contribution in [-0.2, 0) is 27.2 Å². The summed E-state index contributed by atoms with van der Waals surface area (Å²) in [6.07, 6.45) is 2.61. The van der Waals surface area contributed by atoms with Crippen molar-refractivity contribution in [2.75, 3.05) is 7.11 Å². The van der Waals surface area contributed by atoms with Crippen molar-refractivity contribution in [1.29, 1.82) is 0 Å². The molecule has 2 aromatic rings. The first-order valence-corrected chi connectivity index (χ1v) is 9.34. The Labute approximate surface area is 173 Å². The number of esters is 1. The van der Waals surface area contributed by atoms with E-state index in [1.807, 2.05) is 0 Å². The molecular weight excluding hydrogens is 405 g/mol. The molecule has 152 valence electrons. The molecule has 1 heterocycles. The van der Waals surface area contributed by atoms with Gasteiger partial charge in [0.15, 0.2) is 0 Å². The molecule has 0 fully saturated rings. The van der Waals surface area contributed by atoms with E-state index in [-0.39, 0.29) is 13.0 Å². The summed E-state index contributed by atoms with van der Waals surface area (Å²) in [5, 5.41) is 0.852. The Morgan fingerprint density at radius 3 is 2.36 bits per heavy atom. The van der Waals surface area contributed by atoms with Gasteiger partial charge >= 0.3 is 12.1 Å². The number of hydrogen-bond donors (Lipinski definition) is 1. The maximum atomic E-state index is 12.9. The summed E-state index contributed by atoms with van der Waals surface area (Å²) in [6.45, 7) is 5.31. The lowest BCUT2D eigenvalue weighted by atomic mass is 10.1. The molecule has 1 amide bonds. The highest BCUT2D eigenvalue weighted by atomic mass is 35.5. The largest absolute Gasteiger partial charge is 0.467 e. The van der Waals surface area contributed by atoms with E-state index in [1.54, 1.807) is 45.2 Å². The van der Waals surface area contributed by atoms with Crippen molar-refractivity contribution in [1.82, 2.24) is 14.9 Å². The molecule has 0 bridgehead atoms. The second kappa shape index (κ2) is 9.30. The van der Waals surface area contributed by atoms with E-state index >= 15 is 0 Å². The van der Waals surface area contributed by atoms with Gasteiger partial charge < -0.3 is 14.5 Å².